The molecular formula is C18H18ClN7S. The predicted molar refractivity (Wildman–Crippen MR) is 106 cm³/mol. The van der Waals surface area contributed by atoms with Crippen molar-refractivity contribution in [3.8, 4) is 11.3 Å². The fourth-order valence-electron chi connectivity index (χ4n) is 3.56. The Bertz CT molecular complexity index is 1010. The standard InChI is InChI=1S/C18H18ClN7S/c19-15-5-3-14(4-6-15)16-10-26-17(22-16)27-18(23-26)24-7-1-2-13(8-24)9-25-12-20-11-21-25/h3-6,10-13H,1-2,7-9H2. The van der Waals surface area contributed by atoms with E-state index in [0.717, 1.165) is 52.4 Å². The van der Waals surface area contributed by atoms with E-state index in [0.29, 0.717) is 5.92 Å². The number of imidazole rings is 1. The van der Waals surface area contributed by atoms with Gasteiger partial charge in [0.15, 0.2) is 0 Å². The number of halogens is 1. The van der Waals surface area contributed by atoms with Crippen LogP contribution in [0.5, 0.6) is 0 Å². The van der Waals surface area contributed by atoms with Crippen LogP contribution in [0.3, 0.4) is 0 Å². The van der Waals surface area contributed by atoms with Gasteiger partial charge in [0, 0.05) is 30.2 Å². The highest BCUT2D eigenvalue weighted by Crippen LogP contribution is 2.30. The van der Waals surface area contributed by atoms with E-state index in [1.807, 2.05) is 39.7 Å². The Labute approximate surface area is 165 Å². The van der Waals surface area contributed by atoms with Gasteiger partial charge in [0.2, 0.25) is 10.1 Å². The zero-order chi connectivity index (χ0) is 18.2. The molecule has 1 unspecified atom stereocenters. The molecule has 1 aliphatic rings. The van der Waals surface area contributed by atoms with Gasteiger partial charge in [-0.25, -0.2) is 14.5 Å². The van der Waals surface area contributed by atoms with Crippen molar-refractivity contribution in [1.82, 2.24) is 29.4 Å². The Kier molecular flexibility index (Phi) is 4.29. The molecule has 4 aromatic rings. The molecule has 0 saturated carbocycles. The van der Waals surface area contributed by atoms with Crippen molar-refractivity contribution < 1.29 is 0 Å². The van der Waals surface area contributed by atoms with Crippen molar-refractivity contribution in [2.45, 2.75) is 19.4 Å². The smallest absolute Gasteiger partial charge is 0.214 e. The van der Waals surface area contributed by atoms with E-state index in [1.54, 1.807) is 24.0 Å². The van der Waals surface area contributed by atoms with Crippen LogP contribution < -0.4 is 4.90 Å². The zero-order valence-corrected chi connectivity index (χ0v) is 16.1. The van der Waals surface area contributed by atoms with E-state index < -0.39 is 0 Å². The highest BCUT2D eigenvalue weighted by atomic mass is 35.5. The molecule has 5 rings (SSSR count). The maximum absolute atomic E-state index is 5.97. The van der Waals surface area contributed by atoms with Gasteiger partial charge in [0.1, 0.15) is 12.7 Å². The van der Waals surface area contributed by atoms with Crippen molar-refractivity contribution in [3.63, 3.8) is 0 Å². The molecule has 1 fully saturated rings. The van der Waals surface area contributed by atoms with Gasteiger partial charge in [0.05, 0.1) is 11.9 Å². The lowest BCUT2D eigenvalue weighted by Crippen LogP contribution is -2.37. The number of anilines is 1. The summed E-state index contributed by atoms with van der Waals surface area (Å²) in [6, 6.07) is 7.72. The summed E-state index contributed by atoms with van der Waals surface area (Å²) in [7, 11) is 0. The number of benzene rings is 1. The predicted octanol–water partition coefficient (Wildman–Crippen LogP) is 3.62. The molecule has 0 spiro atoms. The van der Waals surface area contributed by atoms with E-state index in [1.165, 1.54) is 6.42 Å². The van der Waals surface area contributed by atoms with Gasteiger partial charge in [-0.05, 0) is 30.9 Å². The van der Waals surface area contributed by atoms with Gasteiger partial charge in [-0.2, -0.15) is 5.10 Å². The number of aromatic nitrogens is 6. The van der Waals surface area contributed by atoms with Crippen LogP contribution in [0.1, 0.15) is 12.8 Å². The largest absolute Gasteiger partial charge is 0.346 e. The first kappa shape index (κ1) is 16.7. The Morgan fingerprint density at radius 1 is 1.22 bits per heavy atom. The zero-order valence-electron chi connectivity index (χ0n) is 14.6. The number of piperidine rings is 1. The number of hydrogen-bond acceptors (Lipinski definition) is 6. The first-order valence-electron chi connectivity index (χ1n) is 8.94. The van der Waals surface area contributed by atoms with Crippen LogP contribution in [0, 0.1) is 5.92 Å². The van der Waals surface area contributed by atoms with E-state index in [9.17, 15) is 0 Å². The van der Waals surface area contributed by atoms with Crippen LogP contribution in [0.25, 0.3) is 16.2 Å². The van der Waals surface area contributed by atoms with Crippen molar-refractivity contribution >= 4 is 33.0 Å². The Hall–Kier alpha value is -2.45. The van der Waals surface area contributed by atoms with E-state index in [2.05, 4.69) is 15.0 Å². The topological polar surface area (TPSA) is 64.1 Å². The van der Waals surface area contributed by atoms with E-state index in [4.69, 9.17) is 21.7 Å². The molecule has 0 amide bonds. The number of nitrogens with zero attached hydrogens (tertiary/aromatic N) is 7. The highest BCUT2D eigenvalue weighted by molar-refractivity contribution is 7.20. The lowest BCUT2D eigenvalue weighted by molar-refractivity contribution is 0.351. The molecule has 4 heterocycles. The van der Waals surface area contributed by atoms with Crippen LogP contribution in [0.4, 0.5) is 5.13 Å². The van der Waals surface area contributed by atoms with Crippen LogP contribution in [0.15, 0.2) is 43.1 Å². The molecule has 1 atom stereocenters. The third-order valence-electron chi connectivity index (χ3n) is 4.87. The number of rotatable bonds is 4. The third-order valence-corrected chi connectivity index (χ3v) is 6.11. The van der Waals surface area contributed by atoms with Crippen LogP contribution in [0.2, 0.25) is 5.02 Å². The first-order valence-corrected chi connectivity index (χ1v) is 10.1. The van der Waals surface area contributed by atoms with Crippen LogP contribution in [-0.4, -0.2) is 42.5 Å². The summed E-state index contributed by atoms with van der Waals surface area (Å²) in [5.74, 6) is 0.557. The van der Waals surface area contributed by atoms with E-state index in [-0.39, 0.29) is 0 Å². The molecule has 1 aromatic carbocycles. The lowest BCUT2D eigenvalue weighted by Gasteiger charge is -2.32. The first-order chi connectivity index (χ1) is 13.2. The second-order valence-corrected chi connectivity index (χ2v) is 8.19. The van der Waals surface area contributed by atoms with Gasteiger partial charge < -0.3 is 4.90 Å². The number of hydrogen-bond donors (Lipinski definition) is 0. The minimum absolute atomic E-state index is 0.557. The Balaban J connectivity index is 1.34. The van der Waals surface area contributed by atoms with Crippen LogP contribution in [-0.2, 0) is 6.54 Å². The summed E-state index contributed by atoms with van der Waals surface area (Å²) in [6.07, 6.45) is 7.73. The van der Waals surface area contributed by atoms with Gasteiger partial charge in [-0.3, -0.25) is 4.68 Å². The average molecular weight is 400 g/mol. The molecule has 1 aliphatic heterocycles. The Morgan fingerprint density at radius 3 is 2.89 bits per heavy atom. The third kappa shape index (κ3) is 3.42. The van der Waals surface area contributed by atoms with Crippen molar-refractivity contribution in [2.75, 3.05) is 18.0 Å². The van der Waals surface area contributed by atoms with Gasteiger partial charge >= 0.3 is 0 Å². The molecule has 27 heavy (non-hydrogen) atoms. The summed E-state index contributed by atoms with van der Waals surface area (Å²) in [5.41, 5.74) is 1.96. The molecule has 138 valence electrons. The molecule has 9 heteroatoms. The molecular weight excluding hydrogens is 382 g/mol. The normalized spacial score (nSPS) is 17.7. The summed E-state index contributed by atoms with van der Waals surface area (Å²) >= 11 is 7.61. The molecule has 0 N–H and O–H groups in total. The molecule has 7 nitrogen and oxygen atoms in total. The van der Waals surface area contributed by atoms with Crippen molar-refractivity contribution in [1.29, 1.82) is 0 Å². The quantitative estimate of drug-likeness (QED) is 0.524. The molecule has 0 aliphatic carbocycles. The SMILES string of the molecule is Clc1ccc(-c2cn3nc(N4CCCC(Cn5cncn5)C4)sc3n2)cc1. The summed E-state index contributed by atoms with van der Waals surface area (Å²) in [4.78, 5) is 12.0. The maximum atomic E-state index is 5.97. The molecule has 3 aromatic heterocycles. The minimum atomic E-state index is 0.557. The van der Waals surface area contributed by atoms with Crippen molar-refractivity contribution in [2.24, 2.45) is 5.92 Å². The average Bonchev–Trinajstić information content (AvgIpc) is 3.39. The van der Waals surface area contributed by atoms with E-state index >= 15 is 0 Å². The van der Waals surface area contributed by atoms with Crippen molar-refractivity contribution in [3.05, 3.63) is 48.1 Å². The molecule has 0 bridgehead atoms. The summed E-state index contributed by atoms with van der Waals surface area (Å²) in [5, 5.41) is 10.8. The summed E-state index contributed by atoms with van der Waals surface area (Å²) < 4.78 is 3.80. The number of fused-ring (bicyclic) bond motifs is 1. The highest BCUT2D eigenvalue weighted by Gasteiger charge is 2.23. The monoisotopic (exact) mass is 399 g/mol. The second kappa shape index (κ2) is 6.94. The minimum Gasteiger partial charge on any atom is -0.346 e. The van der Waals surface area contributed by atoms with Gasteiger partial charge in [-0.15, -0.1) is 5.10 Å². The lowest BCUT2D eigenvalue weighted by atomic mass is 9.98. The molecule has 0 radical (unpaired) electrons. The fraction of sp³-hybridized carbons (Fsp3) is 0.333. The van der Waals surface area contributed by atoms with Gasteiger partial charge in [-0.1, -0.05) is 35.1 Å². The Morgan fingerprint density at radius 2 is 2.11 bits per heavy atom. The maximum Gasteiger partial charge on any atom is 0.214 e. The molecule has 1 saturated heterocycles. The van der Waals surface area contributed by atoms with Crippen LogP contribution >= 0.6 is 22.9 Å². The fourth-order valence-corrected chi connectivity index (χ4v) is 4.60. The summed E-state index contributed by atoms with van der Waals surface area (Å²) in [6.45, 7) is 2.93. The second-order valence-electron chi connectivity index (χ2n) is 6.82. The van der Waals surface area contributed by atoms with Gasteiger partial charge in [0.25, 0.3) is 0 Å².